The van der Waals surface area contributed by atoms with Crippen LogP contribution in [0, 0.1) is 5.92 Å². The summed E-state index contributed by atoms with van der Waals surface area (Å²) in [5.74, 6) is 0.753. The van der Waals surface area contributed by atoms with Crippen molar-refractivity contribution in [2.45, 2.75) is 32.7 Å². The molecule has 2 nitrogen and oxygen atoms in total. The predicted octanol–water partition coefficient (Wildman–Crippen LogP) is 2.42. The number of benzene rings is 1. The maximum atomic E-state index is 5.84. The molecule has 2 rings (SSSR count). The first-order valence-electron chi connectivity index (χ1n) is 6.25. The monoisotopic (exact) mass is 218 g/mol. The van der Waals surface area contributed by atoms with Crippen molar-refractivity contribution in [1.82, 2.24) is 0 Å². The summed E-state index contributed by atoms with van der Waals surface area (Å²) in [5.41, 5.74) is 8.75. The van der Waals surface area contributed by atoms with E-state index in [-0.39, 0.29) is 0 Å². The van der Waals surface area contributed by atoms with E-state index in [1.54, 1.807) is 0 Å². The van der Waals surface area contributed by atoms with E-state index in [0.29, 0.717) is 6.04 Å². The van der Waals surface area contributed by atoms with Crippen molar-refractivity contribution in [1.29, 1.82) is 0 Å². The molecule has 0 spiro atoms. The van der Waals surface area contributed by atoms with Gasteiger partial charge < -0.3 is 10.6 Å². The fourth-order valence-corrected chi connectivity index (χ4v) is 2.48. The molecule has 2 heteroatoms. The molecule has 2 atom stereocenters. The van der Waals surface area contributed by atoms with Crippen molar-refractivity contribution >= 4 is 5.69 Å². The third kappa shape index (κ3) is 2.56. The van der Waals surface area contributed by atoms with Crippen molar-refractivity contribution in [3.63, 3.8) is 0 Å². The number of rotatable bonds is 3. The van der Waals surface area contributed by atoms with Crippen LogP contribution in [-0.4, -0.2) is 19.1 Å². The molecular weight excluding hydrogens is 196 g/mol. The van der Waals surface area contributed by atoms with Crippen molar-refractivity contribution in [3.05, 3.63) is 29.8 Å². The van der Waals surface area contributed by atoms with E-state index in [9.17, 15) is 0 Å². The Morgan fingerprint density at radius 1 is 1.44 bits per heavy atom. The summed E-state index contributed by atoms with van der Waals surface area (Å²) in [7, 11) is 0. The van der Waals surface area contributed by atoms with Crippen LogP contribution in [0.2, 0.25) is 0 Å². The lowest BCUT2D eigenvalue weighted by Gasteiger charge is -2.35. The molecule has 16 heavy (non-hydrogen) atoms. The first kappa shape index (κ1) is 11.5. The van der Waals surface area contributed by atoms with E-state index >= 15 is 0 Å². The zero-order chi connectivity index (χ0) is 11.5. The summed E-state index contributed by atoms with van der Waals surface area (Å²) in [4.78, 5) is 2.49. The Morgan fingerprint density at radius 3 is 2.94 bits per heavy atom. The second kappa shape index (κ2) is 4.88. The van der Waals surface area contributed by atoms with Gasteiger partial charge in [0.15, 0.2) is 0 Å². The number of hydrogen-bond acceptors (Lipinski definition) is 2. The Hall–Kier alpha value is -1.02. The second-order valence-electron chi connectivity index (χ2n) is 5.15. The van der Waals surface area contributed by atoms with Gasteiger partial charge in [0.05, 0.1) is 0 Å². The minimum atomic E-state index is 0.296. The highest BCUT2D eigenvalue weighted by Crippen LogP contribution is 2.29. The maximum absolute atomic E-state index is 5.84. The van der Waals surface area contributed by atoms with Crippen molar-refractivity contribution in [2.24, 2.45) is 11.7 Å². The first-order valence-corrected chi connectivity index (χ1v) is 6.25. The molecular formula is C14H22N2. The molecule has 1 aliphatic rings. The fourth-order valence-electron chi connectivity index (χ4n) is 2.48. The summed E-state index contributed by atoms with van der Waals surface area (Å²) < 4.78 is 0. The fraction of sp³-hybridized carbons (Fsp3) is 0.571. The average Bonchev–Trinajstić information content (AvgIpc) is 2.25. The summed E-state index contributed by atoms with van der Waals surface area (Å²) in [6, 6.07) is 9.06. The van der Waals surface area contributed by atoms with Crippen LogP contribution in [-0.2, 0) is 6.42 Å². The standard InChI is InChI=1S/C14H22N2/c1-11-9-13-5-3-4-6-14(13)16(10-11)8-7-12(2)15/h3-6,11-12H,7-10,15H2,1-2H3. The molecule has 2 N–H and O–H groups in total. The molecule has 1 aromatic rings. The number of anilines is 1. The molecule has 0 aromatic heterocycles. The van der Waals surface area contributed by atoms with Gasteiger partial charge in [-0.25, -0.2) is 0 Å². The van der Waals surface area contributed by atoms with Crippen LogP contribution in [0.15, 0.2) is 24.3 Å². The molecule has 1 heterocycles. The molecule has 2 unspecified atom stereocenters. The third-order valence-electron chi connectivity index (χ3n) is 3.29. The smallest absolute Gasteiger partial charge is 0.0398 e. The zero-order valence-corrected chi connectivity index (χ0v) is 10.3. The Labute approximate surface area is 98.4 Å². The van der Waals surface area contributed by atoms with Gasteiger partial charge in [0.1, 0.15) is 0 Å². The van der Waals surface area contributed by atoms with E-state index in [4.69, 9.17) is 5.73 Å². The van der Waals surface area contributed by atoms with Crippen molar-refractivity contribution in [2.75, 3.05) is 18.0 Å². The van der Waals surface area contributed by atoms with Crippen molar-refractivity contribution in [3.8, 4) is 0 Å². The minimum absolute atomic E-state index is 0.296. The quantitative estimate of drug-likeness (QED) is 0.844. The maximum Gasteiger partial charge on any atom is 0.0398 e. The predicted molar refractivity (Wildman–Crippen MR) is 69.8 cm³/mol. The van der Waals surface area contributed by atoms with Gasteiger partial charge in [0.2, 0.25) is 0 Å². The Kier molecular flexibility index (Phi) is 3.49. The molecule has 0 amide bonds. The lowest BCUT2D eigenvalue weighted by atomic mass is 9.93. The largest absolute Gasteiger partial charge is 0.371 e. The van der Waals surface area contributed by atoms with E-state index in [0.717, 1.165) is 18.9 Å². The Bertz CT molecular complexity index is 346. The summed E-state index contributed by atoms with van der Waals surface area (Å²) in [6.45, 7) is 6.66. The van der Waals surface area contributed by atoms with Crippen LogP contribution in [0.1, 0.15) is 25.8 Å². The van der Waals surface area contributed by atoms with Gasteiger partial charge >= 0.3 is 0 Å². The highest BCUT2D eigenvalue weighted by Gasteiger charge is 2.20. The molecule has 0 saturated carbocycles. The van der Waals surface area contributed by atoms with Crippen LogP contribution < -0.4 is 10.6 Å². The van der Waals surface area contributed by atoms with Gasteiger partial charge in [-0.05, 0) is 37.3 Å². The second-order valence-corrected chi connectivity index (χ2v) is 5.15. The zero-order valence-electron chi connectivity index (χ0n) is 10.3. The molecule has 0 radical (unpaired) electrons. The van der Waals surface area contributed by atoms with Crippen LogP contribution >= 0.6 is 0 Å². The third-order valence-corrected chi connectivity index (χ3v) is 3.29. The van der Waals surface area contributed by atoms with E-state index in [2.05, 4.69) is 43.0 Å². The lowest BCUT2D eigenvalue weighted by molar-refractivity contribution is 0.516. The lowest BCUT2D eigenvalue weighted by Crippen LogP contribution is -2.36. The van der Waals surface area contributed by atoms with E-state index < -0.39 is 0 Å². The number of fused-ring (bicyclic) bond motifs is 1. The topological polar surface area (TPSA) is 29.3 Å². The highest BCUT2D eigenvalue weighted by molar-refractivity contribution is 5.55. The minimum Gasteiger partial charge on any atom is -0.371 e. The molecule has 0 aliphatic carbocycles. The summed E-state index contributed by atoms with van der Waals surface area (Å²) >= 11 is 0. The van der Waals surface area contributed by atoms with E-state index in [1.165, 1.54) is 24.2 Å². The summed E-state index contributed by atoms with van der Waals surface area (Å²) in [6.07, 6.45) is 2.28. The number of nitrogens with two attached hydrogens (primary N) is 1. The number of nitrogens with zero attached hydrogens (tertiary/aromatic N) is 1. The van der Waals surface area contributed by atoms with Gasteiger partial charge in [-0.1, -0.05) is 25.1 Å². The number of hydrogen-bond donors (Lipinski definition) is 1. The van der Waals surface area contributed by atoms with Gasteiger partial charge in [0.25, 0.3) is 0 Å². The highest BCUT2D eigenvalue weighted by atomic mass is 15.1. The first-order chi connectivity index (χ1) is 7.66. The Morgan fingerprint density at radius 2 is 2.19 bits per heavy atom. The molecule has 0 saturated heterocycles. The Balaban J connectivity index is 2.13. The van der Waals surface area contributed by atoms with Crippen LogP contribution in [0.25, 0.3) is 0 Å². The van der Waals surface area contributed by atoms with Gasteiger partial charge in [-0.3, -0.25) is 0 Å². The van der Waals surface area contributed by atoms with Crippen LogP contribution in [0.4, 0.5) is 5.69 Å². The average molecular weight is 218 g/mol. The van der Waals surface area contributed by atoms with Gasteiger partial charge in [-0.15, -0.1) is 0 Å². The van der Waals surface area contributed by atoms with Crippen LogP contribution in [0.5, 0.6) is 0 Å². The summed E-state index contributed by atoms with van der Waals surface area (Å²) in [5, 5.41) is 0. The van der Waals surface area contributed by atoms with Crippen LogP contribution in [0.3, 0.4) is 0 Å². The van der Waals surface area contributed by atoms with Crippen molar-refractivity contribution < 1.29 is 0 Å². The number of para-hydroxylation sites is 1. The normalized spacial score (nSPS) is 21.7. The van der Waals surface area contributed by atoms with E-state index in [1.807, 2.05) is 0 Å². The molecule has 1 aliphatic heterocycles. The molecule has 88 valence electrons. The van der Waals surface area contributed by atoms with Gasteiger partial charge in [-0.2, -0.15) is 0 Å². The molecule has 1 aromatic carbocycles. The SMILES string of the molecule is CC(N)CCN1CC(C)Cc2ccccc21. The molecule has 0 fully saturated rings. The molecule has 0 bridgehead atoms. The van der Waals surface area contributed by atoms with Gasteiger partial charge in [0, 0.05) is 24.8 Å².